The summed E-state index contributed by atoms with van der Waals surface area (Å²) < 4.78 is 14.3. The second-order valence-electron chi connectivity index (χ2n) is 6.81. The topological polar surface area (TPSA) is 41.1 Å². The highest BCUT2D eigenvalue weighted by molar-refractivity contribution is 5.75. The summed E-state index contributed by atoms with van der Waals surface area (Å²) in [6, 6.07) is 15.1. The Morgan fingerprint density at radius 1 is 0.958 bits per heavy atom. The highest BCUT2D eigenvalue weighted by Gasteiger charge is 2.35. The van der Waals surface area contributed by atoms with E-state index < -0.39 is 12.2 Å². The molecular weight excluding hydrogens is 303 g/mol. The van der Waals surface area contributed by atoms with E-state index in [1.54, 1.807) is 0 Å². The van der Waals surface area contributed by atoms with Gasteiger partial charge in [0.05, 0.1) is 6.04 Å². The maximum absolute atomic E-state index is 14.3. The van der Waals surface area contributed by atoms with Gasteiger partial charge in [-0.25, -0.2) is 9.18 Å². The minimum absolute atomic E-state index is 0.0529. The van der Waals surface area contributed by atoms with Gasteiger partial charge in [0.15, 0.2) is 0 Å². The average molecular weight is 324 g/mol. The van der Waals surface area contributed by atoms with Gasteiger partial charge in [-0.05, 0) is 28.7 Å². The molecule has 4 rings (SSSR count). The standard InChI is InChI=1S/C20H21FN2O/c1-12-15-8-4-2-7-14(15)11-18(12)22-20(24)23-19-16-9-5-3-6-13(16)10-17(19)21/h2-9,12,17-19H,10-11H2,1H3,(H2,22,23,24)/t12-,17+,18+,19-/m0/s1. The third kappa shape index (κ3) is 2.56. The molecule has 0 radical (unpaired) electrons. The van der Waals surface area contributed by atoms with Crippen LogP contribution in [0.2, 0.25) is 0 Å². The molecule has 0 bridgehead atoms. The number of alkyl halides is 1. The molecular formula is C20H21FN2O. The largest absolute Gasteiger partial charge is 0.334 e. The van der Waals surface area contributed by atoms with Crippen LogP contribution in [0.5, 0.6) is 0 Å². The Bertz CT molecular complexity index is 776. The molecule has 2 aliphatic rings. The molecule has 2 aliphatic carbocycles. The SMILES string of the molecule is C[C@H]1c2ccccc2C[C@H]1NC(=O)N[C@H]1c2ccccc2C[C@H]1F. The van der Waals surface area contributed by atoms with Crippen LogP contribution in [0.25, 0.3) is 0 Å². The minimum atomic E-state index is -1.06. The first-order valence-corrected chi connectivity index (χ1v) is 8.50. The third-order valence-electron chi connectivity index (χ3n) is 5.36. The third-order valence-corrected chi connectivity index (χ3v) is 5.36. The Morgan fingerprint density at radius 2 is 1.58 bits per heavy atom. The predicted molar refractivity (Wildman–Crippen MR) is 91.8 cm³/mol. The predicted octanol–water partition coefficient (Wildman–Crippen LogP) is 3.65. The quantitative estimate of drug-likeness (QED) is 0.870. The van der Waals surface area contributed by atoms with Crippen molar-refractivity contribution in [3.63, 3.8) is 0 Å². The van der Waals surface area contributed by atoms with Crippen molar-refractivity contribution in [2.45, 2.75) is 43.9 Å². The van der Waals surface area contributed by atoms with Crippen molar-refractivity contribution in [2.75, 3.05) is 0 Å². The van der Waals surface area contributed by atoms with Gasteiger partial charge >= 0.3 is 6.03 Å². The molecule has 124 valence electrons. The van der Waals surface area contributed by atoms with Crippen molar-refractivity contribution in [1.82, 2.24) is 10.6 Å². The van der Waals surface area contributed by atoms with E-state index >= 15 is 0 Å². The molecule has 4 atom stereocenters. The highest BCUT2D eigenvalue weighted by Crippen LogP contribution is 2.34. The molecule has 0 aromatic heterocycles. The van der Waals surface area contributed by atoms with Crippen LogP contribution in [0.1, 0.15) is 41.1 Å². The fraction of sp³-hybridized carbons (Fsp3) is 0.350. The van der Waals surface area contributed by atoms with Crippen LogP contribution in [-0.2, 0) is 12.8 Å². The number of benzene rings is 2. The molecule has 0 heterocycles. The fourth-order valence-corrected chi connectivity index (χ4v) is 4.04. The summed E-state index contributed by atoms with van der Waals surface area (Å²) in [4.78, 5) is 12.4. The van der Waals surface area contributed by atoms with E-state index in [0.717, 1.165) is 17.5 Å². The molecule has 0 spiro atoms. The second-order valence-corrected chi connectivity index (χ2v) is 6.81. The van der Waals surface area contributed by atoms with Crippen molar-refractivity contribution in [1.29, 1.82) is 0 Å². The molecule has 2 aromatic rings. The van der Waals surface area contributed by atoms with E-state index in [2.05, 4.69) is 29.7 Å². The molecule has 2 N–H and O–H groups in total. The van der Waals surface area contributed by atoms with Crippen LogP contribution in [0, 0.1) is 0 Å². The van der Waals surface area contributed by atoms with Crippen LogP contribution in [0.15, 0.2) is 48.5 Å². The summed E-state index contributed by atoms with van der Waals surface area (Å²) in [6.45, 7) is 2.12. The average Bonchev–Trinajstić information content (AvgIpc) is 3.06. The van der Waals surface area contributed by atoms with Gasteiger partial charge in [0, 0.05) is 18.4 Å². The van der Waals surface area contributed by atoms with Crippen LogP contribution in [0.3, 0.4) is 0 Å². The van der Waals surface area contributed by atoms with Gasteiger partial charge in [0.1, 0.15) is 6.17 Å². The molecule has 2 amide bonds. The first kappa shape index (κ1) is 15.2. The summed E-state index contributed by atoms with van der Waals surface area (Å²) in [5, 5.41) is 5.87. The number of hydrogen-bond acceptors (Lipinski definition) is 1. The van der Waals surface area contributed by atoms with Crippen molar-refractivity contribution in [2.24, 2.45) is 0 Å². The number of carbonyl (C=O) groups is 1. The number of urea groups is 1. The zero-order chi connectivity index (χ0) is 16.7. The van der Waals surface area contributed by atoms with E-state index in [9.17, 15) is 9.18 Å². The van der Waals surface area contributed by atoms with Crippen LogP contribution >= 0.6 is 0 Å². The monoisotopic (exact) mass is 324 g/mol. The highest BCUT2D eigenvalue weighted by atomic mass is 19.1. The summed E-state index contributed by atoms with van der Waals surface area (Å²) in [5.41, 5.74) is 4.45. The van der Waals surface area contributed by atoms with Gasteiger partial charge in [-0.3, -0.25) is 0 Å². The maximum Gasteiger partial charge on any atom is 0.315 e. The lowest BCUT2D eigenvalue weighted by atomic mass is 10.0. The van der Waals surface area contributed by atoms with Gasteiger partial charge in [-0.1, -0.05) is 55.5 Å². The summed E-state index contributed by atoms with van der Waals surface area (Å²) in [6.07, 6.45) is 0.128. The van der Waals surface area contributed by atoms with E-state index in [0.29, 0.717) is 6.42 Å². The lowest BCUT2D eigenvalue weighted by molar-refractivity contribution is 0.217. The number of nitrogens with one attached hydrogen (secondary N) is 2. The molecule has 0 saturated carbocycles. The summed E-state index contributed by atoms with van der Waals surface area (Å²) in [7, 11) is 0. The fourth-order valence-electron chi connectivity index (χ4n) is 4.04. The van der Waals surface area contributed by atoms with E-state index in [1.807, 2.05) is 36.4 Å². The summed E-state index contributed by atoms with van der Waals surface area (Å²) >= 11 is 0. The van der Waals surface area contributed by atoms with Gasteiger partial charge in [-0.15, -0.1) is 0 Å². The Labute approximate surface area is 141 Å². The molecule has 0 saturated heterocycles. The minimum Gasteiger partial charge on any atom is -0.334 e. The Morgan fingerprint density at radius 3 is 2.29 bits per heavy atom. The number of amides is 2. The first-order chi connectivity index (χ1) is 11.6. The lowest BCUT2D eigenvalue weighted by Gasteiger charge is -2.22. The van der Waals surface area contributed by atoms with Crippen LogP contribution in [-0.4, -0.2) is 18.2 Å². The second kappa shape index (κ2) is 5.93. The summed E-state index contributed by atoms with van der Waals surface area (Å²) in [5.74, 6) is 0.268. The number of halogens is 1. The molecule has 0 aliphatic heterocycles. The molecule has 2 aromatic carbocycles. The number of hydrogen-bond donors (Lipinski definition) is 2. The Kier molecular flexibility index (Phi) is 3.75. The van der Waals surface area contributed by atoms with E-state index in [-0.39, 0.29) is 18.0 Å². The maximum atomic E-state index is 14.3. The van der Waals surface area contributed by atoms with Crippen LogP contribution < -0.4 is 10.6 Å². The van der Waals surface area contributed by atoms with Crippen molar-refractivity contribution in [3.05, 3.63) is 70.8 Å². The van der Waals surface area contributed by atoms with E-state index in [4.69, 9.17) is 0 Å². The zero-order valence-corrected chi connectivity index (χ0v) is 13.6. The number of rotatable bonds is 2. The zero-order valence-electron chi connectivity index (χ0n) is 13.6. The molecule has 3 nitrogen and oxygen atoms in total. The van der Waals surface area contributed by atoms with E-state index in [1.165, 1.54) is 11.1 Å². The van der Waals surface area contributed by atoms with Gasteiger partial charge in [-0.2, -0.15) is 0 Å². The van der Waals surface area contributed by atoms with Crippen LogP contribution in [0.4, 0.5) is 9.18 Å². The first-order valence-electron chi connectivity index (χ1n) is 8.50. The van der Waals surface area contributed by atoms with Gasteiger partial charge < -0.3 is 10.6 Å². The normalized spacial score (nSPS) is 27.4. The van der Waals surface area contributed by atoms with Crippen molar-refractivity contribution < 1.29 is 9.18 Å². The molecule has 0 fully saturated rings. The van der Waals surface area contributed by atoms with Gasteiger partial charge in [0.2, 0.25) is 0 Å². The lowest BCUT2D eigenvalue weighted by Crippen LogP contribution is -2.45. The molecule has 4 heteroatoms. The molecule has 0 unspecified atom stereocenters. The number of carbonyl (C=O) groups excluding carboxylic acids is 1. The number of fused-ring (bicyclic) bond motifs is 2. The molecule has 24 heavy (non-hydrogen) atoms. The van der Waals surface area contributed by atoms with Crippen molar-refractivity contribution >= 4 is 6.03 Å². The van der Waals surface area contributed by atoms with Crippen molar-refractivity contribution in [3.8, 4) is 0 Å². The smallest absolute Gasteiger partial charge is 0.315 e. The van der Waals surface area contributed by atoms with Gasteiger partial charge in [0.25, 0.3) is 0 Å². The Balaban J connectivity index is 1.43. The Hall–Kier alpha value is -2.36.